The van der Waals surface area contributed by atoms with Gasteiger partial charge in [0.15, 0.2) is 17.8 Å². The normalized spacial score (nSPS) is 24.8. The van der Waals surface area contributed by atoms with Gasteiger partial charge in [-0.3, -0.25) is 19.2 Å². The van der Waals surface area contributed by atoms with Crippen molar-refractivity contribution in [3.8, 4) is 0 Å². The zero-order valence-electron chi connectivity index (χ0n) is 34.1. The van der Waals surface area contributed by atoms with Crippen LogP contribution in [0.2, 0.25) is 0 Å². The summed E-state index contributed by atoms with van der Waals surface area (Å²) in [4.78, 5) is 50.4. The van der Waals surface area contributed by atoms with Crippen molar-refractivity contribution < 1.29 is 47.6 Å². The number of esters is 4. The Bertz CT molecular complexity index is 3360. The highest BCUT2D eigenvalue weighted by molar-refractivity contribution is 6.55. The molecule has 9 aromatic rings. The van der Waals surface area contributed by atoms with Gasteiger partial charge in [0, 0.05) is 62.2 Å². The van der Waals surface area contributed by atoms with Gasteiger partial charge in [0.25, 0.3) is 0 Å². The smallest absolute Gasteiger partial charge is 0.303 e. The highest BCUT2D eigenvalue weighted by Gasteiger charge is 2.72. The van der Waals surface area contributed by atoms with Crippen LogP contribution in [0.5, 0.6) is 0 Å². The van der Waals surface area contributed by atoms with Crippen LogP contribution in [0.1, 0.15) is 73.9 Å². The molecule has 5 atom stereocenters. The maximum Gasteiger partial charge on any atom is 0.303 e. The number of ether oxygens (including phenoxy) is 6. The number of aromatic nitrogens is 1. The molecule has 4 bridgehead atoms. The largest absolute Gasteiger partial charge is 0.463 e. The van der Waals surface area contributed by atoms with E-state index in [9.17, 15) is 19.2 Å². The molecule has 11 nitrogen and oxygen atoms in total. The summed E-state index contributed by atoms with van der Waals surface area (Å²) >= 11 is 0. The van der Waals surface area contributed by atoms with Gasteiger partial charge in [-0.05, 0) is 119 Å². The minimum atomic E-state index is -1.63. The molecule has 304 valence electrons. The van der Waals surface area contributed by atoms with E-state index in [1.54, 1.807) is 0 Å². The molecule has 1 aromatic heterocycles. The monoisotopic (exact) mass is 813 g/mol. The SMILES string of the molecule is CC(=O)OC[C@@H]1OC2(OCCn3c4c5cc6c7c8c(cc9ccc%10cc%11c%12c%13c(cc(c3c%13c(c3c8c9c%10c%123)c74)CC5)C%11)C6)CCC1(OC(C)=O)C(OC(C)=O)[C@@H]2OC(C)=O. The van der Waals surface area contributed by atoms with Crippen LogP contribution in [0.25, 0.3) is 86.4 Å². The van der Waals surface area contributed by atoms with Crippen molar-refractivity contribution in [1.29, 1.82) is 0 Å². The Hall–Kier alpha value is -6.04. The van der Waals surface area contributed by atoms with Gasteiger partial charge in [0.05, 0.1) is 17.6 Å². The predicted octanol–water partition coefficient (Wildman–Crippen LogP) is 8.01. The lowest BCUT2D eigenvalue weighted by Crippen LogP contribution is -2.78. The molecule has 3 aliphatic heterocycles. The lowest BCUT2D eigenvalue weighted by Gasteiger charge is -2.60. The zero-order valence-corrected chi connectivity index (χ0v) is 34.1. The molecule has 3 aliphatic carbocycles. The van der Waals surface area contributed by atoms with Crippen LogP contribution in [0.15, 0.2) is 36.4 Å². The average molecular weight is 814 g/mol. The second-order valence-corrected chi connectivity index (χ2v) is 18.4. The standard InChI is InChI=1S/C50H39NO10/c1-20(52)56-19-32-49(60-23(4)55)9-10-50(61-32,48(59-22(3)54)47(49)58-21(2)53)57-12-11-51-45-26-7-8-27-16-31-18-29-14-25-6-5-24-13-28-17-30(15-26)37-35(28)39-33(24)34(25)40-36(29)38(31)44(46(27)51)42(41(39)40)43(37)45/h5-6,13-16,32,47-48H,7-12,17-19H2,1-4H3/t32-,47?,48-,49?,50?/m0/s1. The van der Waals surface area contributed by atoms with Crippen LogP contribution in [-0.2, 0) is 79.8 Å². The summed E-state index contributed by atoms with van der Waals surface area (Å²) in [7, 11) is 0. The Morgan fingerprint density at radius 2 is 1.13 bits per heavy atom. The fourth-order valence-corrected chi connectivity index (χ4v) is 13.5. The topological polar surface area (TPSA) is 129 Å². The molecule has 0 radical (unpaired) electrons. The highest BCUT2D eigenvalue weighted by Crippen LogP contribution is 2.61. The minimum absolute atomic E-state index is 0.138. The van der Waals surface area contributed by atoms with E-state index < -0.39 is 53.6 Å². The van der Waals surface area contributed by atoms with E-state index in [4.69, 9.17) is 28.4 Å². The minimum Gasteiger partial charge on any atom is -0.463 e. The molecular weight excluding hydrogens is 775 g/mol. The summed E-state index contributed by atoms with van der Waals surface area (Å²) < 4.78 is 39.4. The molecule has 6 aliphatic rings. The van der Waals surface area contributed by atoms with E-state index in [-0.39, 0.29) is 26.1 Å². The maximum atomic E-state index is 12.8. The Balaban J connectivity index is 0.984. The number of carbonyl (C=O) groups excluding carboxylic acids is 4. The molecular formula is C50H39NO10. The van der Waals surface area contributed by atoms with Gasteiger partial charge >= 0.3 is 23.9 Å². The zero-order chi connectivity index (χ0) is 41.2. The molecule has 2 saturated heterocycles. The van der Waals surface area contributed by atoms with Crippen molar-refractivity contribution in [3.05, 3.63) is 69.8 Å². The third-order valence-electron chi connectivity index (χ3n) is 15.2. The summed E-state index contributed by atoms with van der Waals surface area (Å²) in [5, 5.41) is 19.4. The van der Waals surface area contributed by atoms with Crippen LogP contribution < -0.4 is 0 Å². The fourth-order valence-electron chi connectivity index (χ4n) is 13.5. The van der Waals surface area contributed by atoms with Gasteiger partial charge in [-0.15, -0.1) is 0 Å². The van der Waals surface area contributed by atoms with Crippen molar-refractivity contribution in [1.82, 2.24) is 4.57 Å². The van der Waals surface area contributed by atoms with Crippen molar-refractivity contribution in [2.75, 3.05) is 13.2 Å². The van der Waals surface area contributed by atoms with Crippen LogP contribution >= 0.6 is 0 Å². The number of hydrogen-bond acceptors (Lipinski definition) is 10. The van der Waals surface area contributed by atoms with Crippen molar-refractivity contribution in [3.63, 3.8) is 0 Å². The summed E-state index contributed by atoms with van der Waals surface area (Å²) in [6.45, 7) is 5.30. The Labute approximate surface area is 347 Å². The first-order valence-electron chi connectivity index (χ1n) is 21.4. The lowest BCUT2D eigenvalue weighted by molar-refractivity contribution is -0.416. The lowest BCUT2D eigenvalue weighted by atomic mass is 9.69. The van der Waals surface area contributed by atoms with E-state index in [0.29, 0.717) is 6.54 Å². The van der Waals surface area contributed by atoms with Crippen molar-refractivity contribution in [2.45, 2.75) is 102 Å². The molecule has 1 saturated carbocycles. The molecule has 0 N–H and O–H groups in total. The molecule has 8 aromatic carbocycles. The van der Waals surface area contributed by atoms with Crippen LogP contribution in [-0.4, -0.2) is 71.4 Å². The van der Waals surface area contributed by atoms with E-state index in [2.05, 4.69) is 41.0 Å². The quantitative estimate of drug-likeness (QED) is 0.0612. The molecule has 3 unspecified atom stereocenters. The number of pyridine rings is 1. The Kier molecular flexibility index (Phi) is 6.28. The summed E-state index contributed by atoms with van der Waals surface area (Å²) in [5.74, 6) is -4.16. The molecule has 4 heterocycles. The van der Waals surface area contributed by atoms with E-state index >= 15 is 0 Å². The molecule has 61 heavy (non-hydrogen) atoms. The van der Waals surface area contributed by atoms with E-state index in [1.807, 2.05) is 0 Å². The van der Waals surface area contributed by atoms with E-state index in [0.717, 1.165) is 25.7 Å². The number of aryl methyl sites for hydroxylation is 2. The highest BCUT2D eigenvalue weighted by atomic mass is 16.8. The summed E-state index contributed by atoms with van der Waals surface area (Å²) in [6, 6.07) is 14.5. The van der Waals surface area contributed by atoms with Gasteiger partial charge in [-0.2, -0.15) is 0 Å². The van der Waals surface area contributed by atoms with E-state index in [1.165, 1.54) is 148 Å². The van der Waals surface area contributed by atoms with Crippen LogP contribution in [0.4, 0.5) is 0 Å². The molecule has 3 fully saturated rings. The number of hydrogen-bond donors (Lipinski definition) is 0. The van der Waals surface area contributed by atoms with Gasteiger partial charge in [-0.1, -0.05) is 36.4 Å². The molecule has 0 amide bonds. The number of benzene rings is 7. The van der Waals surface area contributed by atoms with Gasteiger partial charge in [-0.25, -0.2) is 0 Å². The number of fused-ring (bicyclic) bond motifs is 3. The third-order valence-corrected chi connectivity index (χ3v) is 15.2. The fraction of sp³-hybridized carbons (Fsp3) is 0.360. The average Bonchev–Trinajstić information content (AvgIpc) is 3.86. The van der Waals surface area contributed by atoms with Crippen LogP contribution in [0, 0.1) is 0 Å². The molecule has 11 heteroatoms. The first kappa shape index (κ1) is 34.6. The van der Waals surface area contributed by atoms with Gasteiger partial charge < -0.3 is 33.0 Å². The second-order valence-electron chi connectivity index (χ2n) is 18.4. The van der Waals surface area contributed by atoms with Gasteiger partial charge in [0.1, 0.15) is 12.7 Å². The van der Waals surface area contributed by atoms with Crippen LogP contribution in [0.3, 0.4) is 0 Å². The number of nitrogens with zero attached hydrogens (tertiary/aromatic N) is 1. The second kappa shape index (κ2) is 11.1. The number of carbonyl (C=O) groups is 4. The summed E-state index contributed by atoms with van der Waals surface area (Å²) in [5.41, 5.74) is 9.14. The van der Waals surface area contributed by atoms with Gasteiger partial charge in [0.2, 0.25) is 5.79 Å². The first-order chi connectivity index (χ1) is 29.5. The van der Waals surface area contributed by atoms with Crippen molar-refractivity contribution in [2.24, 2.45) is 0 Å². The molecule has 15 rings (SSSR count). The van der Waals surface area contributed by atoms with Crippen molar-refractivity contribution >= 4 is 110 Å². The number of rotatable bonds is 9. The Morgan fingerprint density at radius 1 is 0.607 bits per heavy atom. The first-order valence-corrected chi connectivity index (χ1v) is 21.4. The third kappa shape index (κ3) is 4.00. The predicted molar refractivity (Wildman–Crippen MR) is 227 cm³/mol. The Morgan fingerprint density at radius 3 is 1.69 bits per heavy atom. The molecule has 0 spiro atoms. The summed E-state index contributed by atoms with van der Waals surface area (Å²) in [6.07, 6.45) is 0.258. The maximum absolute atomic E-state index is 12.8.